The zero-order valence-electron chi connectivity index (χ0n) is 14.5. The van der Waals surface area contributed by atoms with Crippen LogP contribution in [0.3, 0.4) is 0 Å². The average Bonchev–Trinajstić information content (AvgIpc) is 2.66. The molecule has 1 unspecified atom stereocenters. The van der Waals surface area contributed by atoms with Crippen molar-refractivity contribution < 1.29 is 4.74 Å². The van der Waals surface area contributed by atoms with Crippen LogP contribution in [0.4, 0.5) is 0 Å². The highest BCUT2D eigenvalue weighted by Crippen LogP contribution is 2.29. The maximum Gasteiger partial charge on any atom is 0.183 e. The lowest BCUT2D eigenvalue weighted by Gasteiger charge is -2.14. The first kappa shape index (κ1) is 18.6. The first-order valence-corrected chi connectivity index (χ1v) is 9.68. The van der Waals surface area contributed by atoms with Gasteiger partial charge in [0.25, 0.3) is 0 Å². The predicted octanol–water partition coefficient (Wildman–Crippen LogP) is 6.05. The molecule has 0 heterocycles. The van der Waals surface area contributed by atoms with E-state index in [2.05, 4.69) is 12.1 Å². The maximum absolute atomic E-state index is 12.6. The molecule has 3 aromatic rings. The number of hydrogen-bond donors (Lipinski definition) is 0. The van der Waals surface area contributed by atoms with Gasteiger partial charge in [-0.25, -0.2) is 4.74 Å². The number of nitrogens with zero attached hydrogens (tertiary/aromatic N) is 1. The van der Waals surface area contributed by atoms with Gasteiger partial charge in [-0.1, -0.05) is 71.9 Å². The van der Waals surface area contributed by atoms with Gasteiger partial charge in [-0.15, -0.1) is 0 Å². The van der Waals surface area contributed by atoms with E-state index in [0.29, 0.717) is 11.4 Å². The third-order valence-corrected chi connectivity index (χ3v) is 5.53. The zero-order chi connectivity index (χ0) is 18.4. The van der Waals surface area contributed by atoms with Gasteiger partial charge in [0.05, 0.1) is 5.56 Å². The van der Waals surface area contributed by atoms with Gasteiger partial charge in [-0.3, -0.25) is 0 Å². The number of benzene rings is 3. The second-order valence-corrected chi connectivity index (χ2v) is 7.61. The van der Waals surface area contributed by atoms with E-state index in [-0.39, 0.29) is 6.04 Å². The summed E-state index contributed by atoms with van der Waals surface area (Å²) in [7, 11) is 0. The van der Waals surface area contributed by atoms with Crippen LogP contribution < -0.4 is 0 Å². The molecule has 2 nitrogen and oxygen atoms in total. The Kier molecular flexibility index (Phi) is 6.37. The van der Waals surface area contributed by atoms with E-state index < -0.39 is 0 Å². The molecule has 0 saturated carbocycles. The zero-order valence-corrected chi connectivity index (χ0v) is 16.1. The minimum Gasteiger partial charge on any atom is -0.624 e. The highest BCUT2D eigenvalue weighted by atomic mass is 35.5. The van der Waals surface area contributed by atoms with E-state index in [0.717, 1.165) is 25.7 Å². The standard InChI is InChI=1S/C22H20ClNOS/c1-17(15-18-9-5-7-13-21(18)23)24(25)16-19-10-6-8-14-22(19)26-20-11-3-2-4-12-20/h2-14,16-17H,15H2,1H3/b24-16+. The van der Waals surface area contributed by atoms with Gasteiger partial charge < -0.3 is 5.21 Å². The second kappa shape index (κ2) is 8.93. The van der Waals surface area contributed by atoms with Gasteiger partial charge in [-0.2, -0.15) is 0 Å². The van der Waals surface area contributed by atoms with E-state index in [1.807, 2.05) is 73.7 Å². The third kappa shape index (κ3) is 4.90. The van der Waals surface area contributed by atoms with Gasteiger partial charge in [-0.05, 0) is 42.8 Å². The number of halogens is 1. The molecular formula is C22H20ClNOS. The van der Waals surface area contributed by atoms with Gasteiger partial charge in [0, 0.05) is 21.2 Å². The first-order chi connectivity index (χ1) is 12.6. The lowest BCUT2D eigenvalue weighted by atomic mass is 10.1. The fourth-order valence-corrected chi connectivity index (χ4v) is 3.78. The summed E-state index contributed by atoms with van der Waals surface area (Å²) in [6.07, 6.45) is 2.28. The monoisotopic (exact) mass is 381 g/mol. The van der Waals surface area contributed by atoms with Crippen molar-refractivity contribution in [1.82, 2.24) is 0 Å². The predicted molar refractivity (Wildman–Crippen MR) is 110 cm³/mol. The van der Waals surface area contributed by atoms with Gasteiger partial charge in [0.1, 0.15) is 0 Å². The largest absolute Gasteiger partial charge is 0.624 e. The quantitative estimate of drug-likeness (QED) is 0.225. The number of rotatable bonds is 6. The van der Waals surface area contributed by atoms with E-state index >= 15 is 0 Å². The molecule has 0 aliphatic rings. The van der Waals surface area contributed by atoms with Crippen molar-refractivity contribution in [3.05, 3.63) is 100 Å². The van der Waals surface area contributed by atoms with Crippen LogP contribution in [0.2, 0.25) is 5.02 Å². The molecule has 0 amide bonds. The van der Waals surface area contributed by atoms with E-state index in [9.17, 15) is 5.21 Å². The number of hydrogen-bond acceptors (Lipinski definition) is 2. The lowest BCUT2D eigenvalue weighted by molar-refractivity contribution is -0.491. The molecule has 132 valence electrons. The fourth-order valence-electron chi connectivity index (χ4n) is 2.63. The minimum absolute atomic E-state index is 0.204. The maximum atomic E-state index is 12.6. The summed E-state index contributed by atoms with van der Waals surface area (Å²) in [5.41, 5.74) is 1.91. The Bertz CT molecular complexity index is 895. The van der Waals surface area contributed by atoms with Gasteiger partial charge in [0.2, 0.25) is 0 Å². The van der Waals surface area contributed by atoms with E-state index in [4.69, 9.17) is 11.6 Å². The normalized spacial score (nSPS) is 12.8. The van der Waals surface area contributed by atoms with Crippen LogP contribution in [-0.4, -0.2) is 17.0 Å². The van der Waals surface area contributed by atoms with Crippen LogP contribution in [0.15, 0.2) is 88.7 Å². The molecule has 0 radical (unpaired) electrons. The van der Waals surface area contributed by atoms with Gasteiger partial charge >= 0.3 is 0 Å². The van der Waals surface area contributed by atoms with Gasteiger partial charge in [0.15, 0.2) is 12.3 Å². The topological polar surface area (TPSA) is 26.1 Å². The molecule has 0 aliphatic carbocycles. The van der Waals surface area contributed by atoms with Crippen molar-refractivity contribution in [2.24, 2.45) is 0 Å². The molecule has 0 saturated heterocycles. The summed E-state index contributed by atoms with van der Waals surface area (Å²) in [5.74, 6) is 0. The highest BCUT2D eigenvalue weighted by Gasteiger charge is 2.14. The first-order valence-electron chi connectivity index (χ1n) is 8.49. The Hall–Kier alpha value is -2.23. The van der Waals surface area contributed by atoms with Crippen LogP contribution in [0, 0.1) is 5.21 Å². The average molecular weight is 382 g/mol. The molecule has 0 bridgehead atoms. The molecule has 0 spiro atoms. The molecule has 0 fully saturated rings. The molecule has 0 N–H and O–H groups in total. The summed E-state index contributed by atoms with van der Waals surface area (Å²) in [6.45, 7) is 1.92. The summed E-state index contributed by atoms with van der Waals surface area (Å²) < 4.78 is 1.02. The molecule has 26 heavy (non-hydrogen) atoms. The van der Waals surface area contributed by atoms with Crippen LogP contribution in [-0.2, 0) is 6.42 Å². The number of hydroxylamine groups is 1. The van der Waals surface area contributed by atoms with Crippen LogP contribution in [0.25, 0.3) is 0 Å². The minimum atomic E-state index is -0.204. The summed E-state index contributed by atoms with van der Waals surface area (Å²) in [6, 6.07) is 25.6. The smallest absolute Gasteiger partial charge is 0.183 e. The summed E-state index contributed by atoms with van der Waals surface area (Å²) in [5, 5.41) is 13.3. The van der Waals surface area contributed by atoms with E-state index in [1.54, 1.807) is 18.0 Å². The second-order valence-electron chi connectivity index (χ2n) is 6.09. The fraction of sp³-hybridized carbons (Fsp3) is 0.136. The van der Waals surface area contributed by atoms with Crippen LogP contribution >= 0.6 is 23.4 Å². The molecular weight excluding hydrogens is 362 g/mol. The molecule has 3 rings (SSSR count). The summed E-state index contributed by atoms with van der Waals surface area (Å²) in [4.78, 5) is 2.21. The van der Waals surface area contributed by atoms with Crippen molar-refractivity contribution in [3.8, 4) is 0 Å². The molecule has 1 atom stereocenters. The van der Waals surface area contributed by atoms with Crippen molar-refractivity contribution in [3.63, 3.8) is 0 Å². The van der Waals surface area contributed by atoms with Crippen LogP contribution in [0.1, 0.15) is 18.1 Å². The Labute approximate surface area is 163 Å². The van der Waals surface area contributed by atoms with E-state index in [1.165, 1.54) is 0 Å². The molecule has 0 aliphatic heterocycles. The third-order valence-electron chi connectivity index (χ3n) is 4.06. The van der Waals surface area contributed by atoms with Crippen molar-refractivity contribution in [2.45, 2.75) is 29.2 Å². The lowest BCUT2D eigenvalue weighted by Crippen LogP contribution is -2.22. The highest BCUT2D eigenvalue weighted by molar-refractivity contribution is 7.99. The molecule has 4 heteroatoms. The Morgan fingerprint density at radius 3 is 2.38 bits per heavy atom. The Morgan fingerprint density at radius 2 is 1.62 bits per heavy atom. The van der Waals surface area contributed by atoms with Crippen molar-refractivity contribution in [1.29, 1.82) is 0 Å². The van der Waals surface area contributed by atoms with Crippen molar-refractivity contribution >= 4 is 29.6 Å². The van der Waals surface area contributed by atoms with Crippen molar-refractivity contribution in [2.75, 3.05) is 0 Å². The summed E-state index contributed by atoms with van der Waals surface area (Å²) >= 11 is 7.87. The SMILES string of the molecule is CC(Cc1ccccc1Cl)/[N+]([O-])=C\c1ccccc1Sc1ccccc1. The molecule has 0 aromatic heterocycles. The Balaban J connectivity index is 1.79. The van der Waals surface area contributed by atoms with Crippen LogP contribution in [0.5, 0.6) is 0 Å². The Morgan fingerprint density at radius 1 is 0.962 bits per heavy atom. The molecule has 3 aromatic carbocycles.